The third-order valence-corrected chi connectivity index (χ3v) is 2.72. The van der Waals surface area contributed by atoms with Gasteiger partial charge in [0.1, 0.15) is 0 Å². The fourth-order valence-corrected chi connectivity index (χ4v) is 1.61. The van der Waals surface area contributed by atoms with Crippen LogP contribution in [0.5, 0.6) is 0 Å². The number of aliphatic carboxylic acids is 1. The first-order chi connectivity index (χ1) is 10.2. The minimum Gasteiger partial charge on any atom is -0.481 e. The maximum Gasteiger partial charge on any atom is 0.303 e. The molecule has 0 radical (unpaired) electrons. The fraction of sp³-hybridized carbons (Fsp3) is 0.316. The van der Waals surface area contributed by atoms with Crippen LogP contribution in [0.25, 0.3) is 0 Å². The van der Waals surface area contributed by atoms with E-state index >= 15 is 0 Å². The summed E-state index contributed by atoms with van der Waals surface area (Å²) in [5.41, 5.74) is 2.49. The Hall–Kier alpha value is -2.09. The predicted molar refractivity (Wildman–Crippen MR) is 89.6 cm³/mol. The van der Waals surface area contributed by atoms with Gasteiger partial charge in [0, 0.05) is 6.42 Å². The lowest BCUT2D eigenvalue weighted by Gasteiger charge is -1.95. The van der Waals surface area contributed by atoms with Gasteiger partial charge in [0.2, 0.25) is 0 Å². The third kappa shape index (κ3) is 10.4. The van der Waals surface area contributed by atoms with Gasteiger partial charge in [0.25, 0.3) is 0 Å². The number of carboxylic acids is 1. The van der Waals surface area contributed by atoms with Crippen molar-refractivity contribution in [2.45, 2.75) is 40.0 Å². The average molecular weight is 286 g/mol. The zero-order valence-corrected chi connectivity index (χ0v) is 13.3. The molecule has 21 heavy (non-hydrogen) atoms. The van der Waals surface area contributed by atoms with Crippen LogP contribution in [-0.2, 0) is 17.6 Å². The van der Waals surface area contributed by atoms with Gasteiger partial charge < -0.3 is 5.11 Å². The van der Waals surface area contributed by atoms with E-state index in [0.717, 1.165) is 12.0 Å². The third-order valence-electron chi connectivity index (χ3n) is 2.72. The van der Waals surface area contributed by atoms with Crippen molar-refractivity contribution in [3.8, 4) is 0 Å². The molecule has 2 nitrogen and oxygen atoms in total. The van der Waals surface area contributed by atoms with Crippen LogP contribution in [0.1, 0.15) is 38.3 Å². The van der Waals surface area contributed by atoms with E-state index in [4.69, 9.17) is 5.11 Å². The number of hydrogen-bond donors (Lipinski definition) is 1. The number of carbonyl (C=O) groups is 1. The number of hydrogen-bond acceptors (Lipinski definition) is 1. The van der Waals surface area contributed by atoms with Crippen LogP contribution in [0.3, 0.4) is 0 Å². The smallest absolute Gasteiger partial charge is 0.303 e. The second-order valence-electron chi connectivity index (χ2n) is 4.22. The van der Waals surface area contributed by atoms with Crippen LogP contribution in [0.15, 0.2) is 60.7 Å². The molecule has 1 N–H and O–H groups in total. The standard InChI is InChI=1S/C9H10O2.C8H10.C2H6/c10-9(11)7-6-8-4-2-1-3-5-8;1-2-8-6-4-3-5-7-8;1-2/h1-5H,6-7H2,(H,10,11);3-7H,2H2,1H3;1-2H3. The maximum atomic E-state index is 10.2. The van der Waals surface area contributed by atoms with E-state index in [1.165, 1.54) is 5.56 Å². The van der Waals surface area contributed by atoms with Gasteiger partial charge in [-0.2, -0.15) is 0 Å². The first-order valence-corrected chi connectivity index (χ1v) is 7.52. The number of benzene rings is 2. The molecule has 114 valence electrons. The minimum atomic E-state index is -0.742. The Kier molecular flexibility index (Phi) is 11.6. The highest BCUT2D eigenvalue weighted by atomic mass is 16.4. The summed E-state index contributed by atoms with van der Waals surface area (Å²) in [7, 11) is 0. The van der Waals surface area contributed by atoms with E-state index in [-0.39, 0.29) is 6.42 Å². The Bertz CT molecular complexity index is 463. The summed E-state index contributed by atoms with van der Waals surface area (Å²) in [6.07, 6.45) is 1.97. The van der Waals surface area contributed by atoms with E-state index in [9.17, 15) is 4.79 Å². The van der Waals surface area contributed by atoms with Crippen molar-refractivity contribution in [3.05, 3.63) is 71.8 Å². The second kappa shape index (κ2) is 12.9. The molecule has 2 aromatic carbocycles. The molecule has 0 aromatic heterocycles. The summed E-state index contributed by atoms with van der Waals surface area (Å²) < 4.78 is 0. The molecule has 0 aliphatic rings. The number of rotatable bonds is 4. The van der Waals surface area contributed by atoms with Gasteiger partial charge in [0.15, 0.2) is 0 Å². The highest BCUT2D eigenvalue weighted by Crippen LogP contribution is 2.01. The predicted octanol–water partition coefficient (Wildman–Crippen LogP) is 4.98. The quantitative estimate of drug-likeness (QED) is 0.860. The van der Waals surface area contributed by atoms with Crippen LogP contribution < -0.4 is 0 Å². The van der Waals surface area contributed by atoms with Crippen LogP contribution in [0.2, 0.25) is 0 Å². The van der Waals surface area contributed by atoms with Crippen molar-refractivity contribution >= 4 is 5.97 Å². The molecule has 0 atom stereocenters. The summed E-state index contributed by atoms with van der Waals surface area (Å²) >= 11 is 0. The maximum absolute atomic E-state index is 10.2. The molecule has 2 aromatic rings. The molecule has 0 spiro atoms. The van der Waals surface area contributed by atoms with Crippen molar-refractivity contribution in [2.75, 3.05) is 0 Å². The monoisotopic (exact) mass is 286 g/mol. The molecule has 0 unspecified atom stereocenters. The van der Waals surface area contributed by atoms with E-state index in [0.29, 0.717) is 6.42 Å². The number of carboxylic acid groups (broad SMARTS) is 1. The molecule has 0 bridgehead atoms. The van der Waals surface area contributed by atoms with E-state index in [2.05, 4.69) is 31.2 Å². The molecular weight excluding hydrogens is 260 g/mol. The summed E-state index contributed by atoms with van der Waals surface area (Å²) in [5, 5.41) is 8.37. The summed E-state index contributed by atoms with van der Waals surface area (Å²) in [5.74, 6) is -0.742. The zero-order chi connectivity index (χ0) is 15.9. The minimum absolute atomic E-state index is 0.212. The SMILES string of the molecule is CC.CCc1ccccc1.O=C(O)CCc1ccccc1. The second-order valence-corrected chi connectivity index (χ2v) is 4.22. The molecule has 2 heteroatoms. The van der Waals surface area contributed by atoms with Crippen molar-refractivity contribution in [2.24, 2.45) is 0 Å². The highest BCUT2D eigenvalue weighted by Gasteiger charge is 1.96. The van der Waals surface area contributed by atoms with Crippen LogP contribution >= 0.6 is 0 Å². The first-order valence-electron chi connectivity index (χ1n) is 7.52. The van der Waals surface area contributed by atoms with Gasteiger partial charge in [0.05, 0.1) is 0 Å². The molecule has 0 heterocycles. The lowest BCUT2D eigenvalue weighted by molar-refractivity contribution is -0.136. The largest absolute Gasteiger partial charge is 0.481 e. The zero-order valence-electron chi connectivity index (χ0n) is 13.3. The highest BCUT2D eigenvalue weighted by molar-refractivity contribution is 5.67. The van der Waals surface area contributed by atoms with Crippen molar-refractivity contribution < 1.29 is 9.90 Å². The lowest BCUT2D eigenvalue weighted by Crippen LogP contribution is -1.96. The molecule has 2 rings (SSSR count). The Morgan fingerprint density at radius 3 is 1.62 bits per heavy atom. The van der Waals surface area contributed by atoms with Crippen molar-refractivity contribution in [3.63, 3.8) is 0 Å². The van der Waals surface area contributed by atoms with Crippen molar-refractivity contribution in [1.29, 1.82) is 0 Å². The average Bonchev–Trinajstić information content (AvgIpc) is 2.57. The summed E-state index contributed by atoms with van der Waals surface area (Å²) in [4.78, 5) is 10.2. The Labute approximate surface area is 128 Å². The summed E-state index contributed by atoms with van der Waals surface area (Å²) in [6, 6.07) is 20.1. The normalized spacial score (nSPS) is 8.71. The molecule has 0 aliphatic carbocycles. The van der Waals surface area contributed by atoms with Crippen LogP contribution in [-0.4, -0.2) is 11.1 Å². The van der Waals surface area contributed by atoms with Gasteiger partial charge in [-0.05, 0) is 24.0 Å². The molecular formula is C19H26O2. The molecule has 0 amide bonds. The lowest BCUT2D eigenvalue weighted by atomic mass is 10.1. The Morgan fingerprint density at radius 2 is 1.29 bits per heavy atom. The van der Waals surface area contributed by atoms with E-state index < -0.39 is 5.97 Å². The topological polar surface area (TPSA) is 37.3 Å². The van der Waals surface area contributed by atoms with Gasteiger partial charge in [-0.3, -0.25) is 4.79 Å². The number of aryl methyl sites for hydroxylation is 2. The van der Waals surface area contributed by atoms with Crippen molar-refractivity contribution in [1.82, 2.24) is 0 Å². The summed E-state index contributed by atoms with van der Waals surface area (Å²) in [6.45, 7) is 6.16. The fourth-order valence-electron chi connectivity index (χ4n) is 1.61. The van der Waals surface area contributed by atoms with E-state index in [1.807, 2.05) is 50.2 Å². The first kappa shape index (κ1) is 18.9. The Balaban J connectivity index is 0.000000354. The Morgan fingerprint density at radius 1 is 0.857 bits per heavy atom. The van der Waals surface area contributed by atoms with Gasteiger partial charge in [-0.15, -0.1) is 0 Å². The molecule has 0 saturated carbocycles. The van der Waals surface area contributed by atoms with Crippen LogP contribution in [0, 0.1) is 0 Å². The van der Waals surface area contributed by atoms with Gasteiger partial charge >= 0.3 is 5.97 Å². The molecule has 0 fully saturated rings. The van der Waals surface area contributed by atoms with E-state index in [1.54, 1.807) is 0 Å². The van der Waals surface area contributed by atoms with Gasteiger partial charge in [-0.1, -0.05) is 81.4 Å². The van der Waals surface area contributed by atoms with Crippen LogP contribution in [0.4, 0.5) is 0 Å². The molecule has 0 aliphatic heterocycles. The molecule has 0 saturated heterocycles. The van der Waals surface area contributed by atoms with Gasteiger partial charge in [-0.25, -0.2) is 0 Å².